The van der Waals surface area contributed by atoms with E-state index in [1.54, 1.807) is 7.11 Å². The largest absolute Gasteiger partial charge is 0.497 e. The normalized spacial score (nSPS) is 29.6. The molecule has 1 aromatic carbocycles. The topological polar surface area (TPSA) is 30.5 Å². The molecule has 110 valence electrons. The van der Waals surface area contributed by atoms with Gasteiger partial charge in [0, 0.05) is 24.1 Å². The maximum atomic E-state index is 6.08. The lowest BCUT2D eigenvalue weighted by Gasteiger charge is -2.38. The van der Waals surface area contributed by atoms with Gasteiger partial charge in [0.1, 0.15) is 5.75 Å². The molecule has 2 heterocycles. The fourth-order valence-electron chi connectivity index (χ4n) is 3.16. The Kier molecular flexibility index (Phi) is 4.13. The van der Waals surface area contributed by atoms with Gasteiger partial charge in [0.2, 0.25) is 0 Å². The third kappa shape index (κ3) is 2.91. The molecule has 4 heteroatoms. The van der Waals surface area contributed by atoms with Gasteiger partial charge >= 0.3 is 0 Å². The van der Waals surface area contributed by atoms with Crippen molar-refractivity contribution in [2.75, 3.05) is 30.5 Å². The second-order valence-electron chi connectivity index (χ2n) is 5.85. The standard InChI is InChI=1S/C16H23NO2S/c1-12-9-14(18-2)3-4-15(12)17-13-5-7-19-16(10-13)6-8-20-11-16/h3-4,9,13,17H,5-8,10-11H2,1-2H3. The van der Waals surface area contributed by atoms with Gasteiger partial charge in [-0.05, 0) is 55.7 Å². The van der Waals surface area contributed by atoms with Crippen molar-refractivity contribution in [2.24, 2.45) is 0 Å². The van der Waals surface area contributed by atoms with Crippen molar-refractivity contribution >= 4 is 17.4 Å². The summed E-state index contributed by atoms with van der Waals surface area (Å²) in [5, 5.41) is 3.71. The molecule has 1 spiro atoms. The number of thioether (sulfide) groups is 1. The molecule has 0 aliphatic carbocycles. The van der Waals surface area contributed by atoms with E-state index in [2.05, 4.69) is 24.4 Å². The van der Waals surface area contributed by atoms with E-state index in [4.69, 9.17) is 9.47 Å². The maximum Gasteiger partial charge on any atom is 0.119 e. The minimum atomic E-state index is 0.140. The number of rotatable bonds is 3. The summed E-state index contributed by atoms with van der Waals surface area (Å²) in [6.45, 7) is 3.01. The Morgan fingerprint density at radius 2 is 2.35 bits per heavy atom. The molecule has 0 radical (unpaired) electrons. The van der Waals surface area contributed by atoms with E-state index >= 15 is 0 Å². The Bertz CT molecular complexity index is 472. The first-order chi connectivity index (χ1) is 9.71. The Hall–Kier alpha value is -0.870. The Morgan fingerprint density at radius 1 is 1.45 bits per heavy atom. The van der Waals surface area contributed by atoms with Crippen LogP contribution in [-0.2, 0) is 4.74 Å². The molecule has 3 rings (SSSR count). The molecule has 0 bridgehead atoms. The third-order valence-corrected chi connectivity index (χ3v) is 5.58. The number of nitrogens with one attached hydrogen (secondary N) is 1. The van der Waals surface area contributed by atoms with E-state index in [1.165, 1.54) is 23.4 Å². The summed E-state index contributed by atoms with van der Waals surface area (Å²) in [7, 11) is 1.71. The second kappa shape index (κ2) is 5.86. The van der Waals surface area contributed by atoms with Gasteiger partial charge in [-0.15, -0.1) is 0 Å². The minimum Gasteiger partial charge on any atom is -0.497 e. The molecule has 2 unspecified atom stereocenters. The van der Waals surface area contributed by atoms with Crippen LogP contribution in [0.2, 0.25) is 0 Å². The van der Waals surface area contributed by atoms with Gasteiger partial charge in [0.25, 0.3) is 0 Å². The predicted molar refractivity (Wildman–Crippen MR) is 85.0 cm³/mol. The van der Waals surface area contributed by atoms with E-state index < -0.39 is 0 Å². The second-order valence-corrected chi connectivity index (χ2v) is 6.95. The smallest absolute Gasteiger partial charge is 0.119 e. The zero-order valence-corrected chi connectivity index (χ0v) is 13.1. The summed E-state index contributed by atoms with van der Waals surface area (Å²) in [5.74, 6) is 3.32. The number of anilines is 1. The molecule has 20 heavy (non-hydrogen) atoms. The van der Waals surface area contributed by atoms with Gasteiger partial charge in [-0.2, -0.15) is 11.8 Å². The molecule has 0 saturated carbocycles. The van der Waals surface area contributed by atoms with Crippen molar-refractivity contribution in [1.29, 1.82) is 0 Å². The summed E-state index contributed by atoms with van der Waals surface area (Å²) < 4.78 is 11.3. The van der Waals surface area contributed by atoms with Crippen molar-refractivity contribution in [1.82, 2.24) is 0 Å². The van der Waals surface area contributed by atoms with Gasteiger partial charge in [0.15, 0.2) is 0 Å². The highest BCUT2D eigenvalue weighted by Crippen LogP contribution is 2.39. The van der Waals surface area contributed by atoms with E-state index in [9.17, 15) is 0 Å². The van der Waals surface area contributed by atoms with Crippen LogP contribution < -0.4 is 10.1 Å². The monoisotopic (exact) mass is 293 g/mol. The van der Waals surface area contributed by atoms with Crippen molar-refractivity contribution in [2.45, 2.75) is 37.8 Å². The van der Waals surface area contributed by atoms with Crippen molar-refractivity contribution in [3.8, 4) is 5.75 Å². The number of ether oxygens (including phenoxy) is 2. The number of hydrogen-bond acceptors (Lipinski definition) is 4. The SMILES string of the molecule is COc1ccc(NC2CCOC3(CCSC3)C2)c(C)c1. The molecule has 2 saturated heterocycles. The van der Waals surface area contributed by atoms with Gasteiger partial charge in [-0.3, -0.25) is 0 Å². The minimum absolute atomic E-state index is 0.140. The van der Waals surface area contributed by atoms with E-state index in [0.29, 0.717) is 6.04 Å². The van der Waals surface area contributed by atoms with Gasteiger partial charge in [-0.1, -0.05) is 0 Å². The highest BCUT2D eigenvalue weighted by molar-refractivity contribution is 7.99. The van der Waals surface area contributed by atoms with Gasteiger partial charge in [0.05, 0.1) is 12.7 Å². The first-order valence-corrected chi connectivity index (χ1v) is 8.49. The van der Waals surface area contributed by atoms with Crippen LogP contribution in [0, 0.1) is 6.92 Å². The molecular formula is C16H23NO2S. The lowest BCUT2D eigenvalue weighted by atomic mass is 9.89. The molecular weight excluding hydrogens is 270 g/mol. The molecule has 3 nitrogen and oxygen atoms in total. The average Bonchev–Trinajstić information content (AvgIpc) is 2.89. The Labute approximate surface area is 125 Å². The third-order valence-electron chi connectivity index (χ3n) is 4.35. The van der Waals surface area contributed by atoms with E-state index in [0.717, 1.165) is 31.0 Å². The molecule has 1 aromatic rings. The molecule has 0 aromatic heterocycles. The average molecular weight is 293 g/mol. The lowest BCUT2D eigenvalue weighted by molar-refractivity contribution is -0.0628. The van der Waals surface area contributed by atoms with Crippen LogP contribution in [0.3, 0.4) is 0 Å². The fourth-order valence-corrected chi connectivity index (χ4v) is 4.54. The van der Waals surface area contributed by atoms with Gasteiger partial charge in [-0.25, -0.2) is 0 Å². The van der Waals surface area contributed by atoms with Crippen LogP contribution in [0.5, 0.6) is 5.75 Å². The zero-order chi connectivity index (χ0) is 14.0. The van der Waals surface area contributed by atoms with Crippen LogP contribution in [0.4, 0.5) is 5.69 Å². The van der Waals surface area contributed by atoms with E-state index in [-0.39, 0.29) is 5.60 Å². The fraction of sp³-hybridized carbons (Fsp3) is 0.625. The number of hydrogen-bond donors (Lipinski definition) is 1. The molecule has 2 aliphatic heterocycles. The van der Waals surface area contributed by atoms with Gasteiger partial charge < -0.3 is 14.8 Å². The highest BCUT2D eigenvalue weighted by atomic mass is 32.2. The van der Waals surface area contributed by atoms with Crippen LogP contribution >= 0.6 is 11.8 Å². The van der Waals surface area contributed by atoms with Crippen molar-refractivity contribution in [3.05, 3.63) is 23.8 Å². The molecule has 2 fully saturated rings. The van der Waals surface area contributed by atoms with Crippen LogP contribution in [0.25, 0.3) is 0 Å². The summed E-state index contributed by atoms with van der Waals surface area (Å²) in [6, 6.07) is 6.76. The molecule has 2 atom stereocenters. The van der Waals surface area contributed by atoms with Crippen molar-refractivity contribution < 1.29 is 9.47 Å². The van der Waals surface area contributed by atoms with Crippen LogP contribution in [0.15, 0.2) is 18.2 Å². The summed E-state index contributed by atoms with van der Waals surface area (Å²) in [4.78, 5) is 0. The lowest BCUT2D eigenvalue weighted by Crippen LogP contribution is -2.44. The Balaban J connectivity index is 1.68. The molecule has 0 amide bonds. The number of methoxy groups -OCH3 is 1. The quantitative estimate of drug-likeness (QED) is 0.924. The van der Waals surface area contributed by atoms with E-state index in [1.807, 2.05) is 17.8 Å². The number of aryl methyl sites for hydroxylation is 1. The van der Waals surface area contributed by atoms with Crippen LogP contribution in [-0.4, -0.2) is 36.9 Å². The summed E-state index contributed by atoms with van der Waals surface area (Å²) in [6.07, 6.45) is 3.43. The molecule has 2 aliphatic rings. The first kappa shape index (κ1) is 14.1. The van der Waals surface area contributed by atoms with Crippen molar-refractivity contribution in [3.63, 3.8) is 0 Å². The highest BCUT2D eigenvalue weighted by Gasteiger charge is 2.40. The zero-order valence-electron chi connectivity index (χ0n) is 12.3. The number of benzene rings is 1. The predicted octanol–water partition coefficient (Wildman–Crippen LogP) is 3.47. The van der Waals surface area contributed by atoms with Crippen LogP contribution in [0.1, 0.15) is 24.8 Å². The summed E-state index contributed by atoms with van der Waals surface area (Å²) in [5.41, 5.74) is 2.60. The summed E-state index contributed by atoms with van der Waals surface area (Å²) >= 11 is 2.03. The maximum absolute atomic E-state index is 6.08. The molecule has 1 N–H and O–H groups in total. The Morgan fingerprint density at radius 3 is 3.05 bits per heavy atom. The first-order valence-electron chi connectivity index (χ1n) is 7.34.